The van der Waals surface area contributed by atoms with E-state index in [9.17, 15) is 4.79 Å². The molecule has 5 nitrogen and oxygen atoms in total. The third-order valence-corrected chi connectivity index (χ3v) is 2.91. The quantitative estimate of drug-likeness (QED) is 0.822. The number of carbonyl (C=O) groups is 1. The molecule has 0 amide bonds. The molecule has 1 unspecified atom stereocenters. The molecule has 17 heavy (non-hydrogen) atoms. The number of carboxylic acid groups (broad SMARTS) is 1. The summed E-state index contributed by atoms with van der Waals surface area (Å²) in [6.07, 6.45) is 0.535. The molecule has 1 aromatic rings. The summed E-state index contributed by atoms with van der Waals surface area (Å²) in [5.41, 5.74) is 8.96. The van der Waals surface area contributed by atoms with E-state index in [0.717, 1.165) is 17.0 Å². The van der Waals surface area contributed by atoms with Gasteiger partial charge in [0.25, 0.3) is 0 Å². The first-order valence-electron chi connectivity index (χ1n) is 5.87. The van der Waals surface area contributed by atoms with Gasteiger partial charge in [0.2, 0.25) is 0 Å². The molecule has 0 aliphatic carbocycles. The van der Waals surface area contributed by atoms with Gasteiger partial charge in [0.15, 0.2) is 0 Å². The number of aliphatic carboxylic acids is 1. The molecule has 1 rings (SSSR count). The molecule has 0 spiro atoms. The number of nitrogens with zero attached hydrogens (tertiary/aromatic N) is 2. The zero-order chi connectivity index (χ0) is 13.2. The van der Waals surface area contributed by atoms with Gasteiger partial charge in [-0.2, -0.15) is 5.10 Å². The Kier molecular flexibility index (Phi) is 4.28. The topological polar surface area (TPSA) is 81.1 Å². The van der Waals surface area contributed by atoms with E-state index in [1.165, 1.54) is 0 Å². The van der Waals surface area contributed by atoms with Crippen LogP contribution in [0.25, 0.3) is 0 Å². The van der Waals surface area contributed by atoms with Crippen LogP contribution in [0.1, 0.15) is 55.7 Å². The van der Waals surface area contributed by atoms with E-state index in [4.69, 9.17) is 10.8 Å². The highest BCUT2D eigenvalue weighted by Gasteiger charge is 2.19. The lowest BCUT2D eigenvalue weighted by molar-refractivity contribution is -0.137. The van der Waals surface area contributed by atoms with Crippen molar-refractivity contribution in [2.24, 2.45) is 5.73 Å². The number of aryl methyl sites for hydroxylation is 1. The smallest absolute Gasteiger partial charge is 0.303 e. The van der Waals surface area contributed by atoms with E-state index in [-0.39, 0.29) is 18.5 Å². The van der Waals surface area contributed by atoms with Crippen molar-refractivity contribution in [2.45, 2.75) is 52.6 Å². The highest BCUT2D eigenvalue weighted by atomic mass is 16.4. The monoisotopic (exact) mass is 239 g/mol. The van der Waals surface area contributed by atoms with E-state index in [2.05, 4.69) is 18.9 Å². The normalized spacial score (nSPS) is 13.1. The van der Waals surface area contributed by atoms with Gasteiger partial charge in [0, 0.05) is 29.8 Å². The molecular formula is C12H21N3O2. The third-order valence-electron chi connectivity index (χ3n) is 2.91. The molecule has 1 atom stereocenters. The summed E-state index contributed by atoms with van der Waals surface area (Å²) in [7, 11) is 0. The Balaban J connectivity index is 2.93. The molecule has 0 saturated heterocycles. The third kappa shape index (κ3) is 3.06. The number of hydrogen-bond acceptors (Lipinski definition) is 3. The lowest BCUT2D eigenvalue weighted by atomic mass is 10.0. The first kappa shape index (κ1) is 13.7. The van der Waals surface area contributed by atoms with Gasteiger partial charge >= 0.3 is 5.97 Å². The number of rotatable bonds is 5. The first-order chi connectivity index (χ1) is 7.84. The average Bonchev–Trinajstić information content (AvgIpc) is 2.51. The second-order valence-corrected chi connectivity index (χ2v) is 4.66. The van der Waals surface area contributed by atoms with Crippen LogP contribution in [-0.2, 0) is 4.79 Å². The van der Waals surface area contributed by atoms with E-state index in [0.29, 0.717) is 6.42 Å². The summed E-state index contributed by atoms with van der Waals surface area (Å²) < 4.78 is 1.94. The maximum atomic E-state index is 10.5. The van der Waals surface area contributed by atoms with Gasteiger partial charge in [-0.3, -0.25) is 9.48 Å². The van der Waals surface area contributed by atoms with E-state index in [1.54, 1.807) is 0 Å². The van der Waals surface area contributed by atoms with Crippen LogP contribution in [0.4, 0.5) is 0 Å². The fourth-order valence-electron chi connectivity index (χ4n) is 2.14. The maximum Gasteiger partial charge on any atom is 0.303 e. The molecule has 1 heterocycles. The molecule has 0 aliphatic heterocycles. The molecule has 5 heteroatoms. The number of carboxylic acids is 1. The molecule has 96 valence electrons. The molecule has 3 N–H and O–H groups in total. The van der Waals surface area contributed by atoms with Crippen LogP contribution in [0.2, 0.25) is 0 Å². The molecule has 0 radical (unpaired) electrons. The van der Waals surface area contributed by atoms with Crippen LogP contribution < -0.4 is 5.73 Å². The molecule has 0 saturated carbocycles. The highest BCUT2D eigenvalue weighted by Crippen LogP contribution is 2.25. The van der Waals surface area contributed by atoms with E-state index < -0.39 is 5.97 Å². The van der Waals surface area contributed by atoms with Gasteiger partial charge in [-0.05, 0) is 34.1 Å². The van der Waals surface area contributed by atoms with Gasteiger partial charge in [0.1, 0.15) is 0 Å². The Morgan fingerprint density at radius 3 is 2.47 bits per heavy atom. The van der Waals surface area contributed by atoms with Crippen molar-refractivity contribution in [2.75, 3.05) is 0 Å². The van der Waals surface area contributed by atoms with Crippen molar-refractivity contribution in [3.8, 4) is 0 Å². The second-order valence-electron chi connectivity index (χ2n) is 4.66. The van der Waals surface area contributed by atoms with Crippen LogP contribution in [0, 0.1) is 13.8 Å². The fourth-order valence-corrected chi connectivity index (χ4v) is 2.14. The van der Waals surface area contributed by atoms with Crippen LogP contribution in [0.15, 0.2) is 0 Å². The Hall–Kier alpha value is -1.36. The number of hydrogen-bond donors (Lipinski definition) is 2. The first-order valence-corrected chi connectivity index (χ1v) is 5.87. The van der Waals surface area contributed by atoms with Crippen molar-refractivity contribution in [1.29, 1.82) is 0 Å². The minimum Gasteiger partial charge on any atom is -0.481 e. The van der Waals surface area contributed by atoms with Gasteiger partial charge in [-0.25, -0.2) is 0 Å². The van der Waals surface area contributed by atoms with Crippen LogP contribution in [0.3, 0.4) is 0 Å². The summed E-state index contributed by atoms with van der Waals surface area (Å²) in [4.78, 5) is 10.5. The molecule has 0 bridgehead atoms. The summed E-state index contributed by atoms with van der Waals surface area (Å²) in [5, 5.41) is 13.1. The number of nitrogens with two attached hydrogens (primary N) is 1. The van der Waals surface area contributed by atoms with Crippen LogP contribution in [0.5, 0.6) is 0 Å². The summed E-state index contributed by atoms with van der Waals surface area (Å²) in [6.45, 7) is 8.02. The van der Waals surface area contributed by atoms with Crippen molar-refractivity contribution in [3.05, 3.63) is 17.0 Å². The SMILES string of the molecule is Cc1nn(C(C)C)c(C)c1C(N)CCC(=O)O. The van der Waals surface area contributed by atoms with Crippen LogP contribution >= 0.6 is 0 Å². The molecular weight excluding hydrogens is 218 g/mol. The zero-order valence-corrected chi connectivity index (χ0v) is 10.9. The Labute approximate surface area is 102 Å². The minimum atomic E-state index is -0.813. The van der Waals surface area contributed by atoms with E-state index >= 15 is 0 Å². The van der Waals surface area contributed by atoms with Gasteiger partial charge < -0.3 is 10.8 Å². The molecule has 0 aromatic carbocycles. The predicted octanol–water partition coefficient (Wildman–Crippen LogP) is 1.95. The fraction of sp³-hybridized carbons (Fsp3) is 0.667. The zero-order valence-electron chi connectivity index (χ0n) is 10.9. The van der Waals surface area contributed by atoms with E-state index in [1.807, 2.05) is 18.5 Å². The Morgan fingerprint density at radius 1 is 1.47 bits per heavy atom. The van der Waals surface area contributed by atoms with Gasteiger partial charge in [-0.1, -0.05) is 0 Å². The minimum absolute atomic E-state index is 0.0902. The Morgan fingerprint density at radius 2 is 2.06 bits per heavy atom. The Bertz CT molecular complexity index is 410. The van der Waals surface area contributed by atoms with Gasteiger partial charge in [0.05, 0.1) is 5.69 Å². The second kappa shape index (κ2) is 5.31. The van der Waals surface area contributed by atoms with Gasteiger partial charge in [-0.15, -0.1) is 0 Å². The van der Waals surface area contributed by atoms with Crippen molar-refractivity contribution in [1.82, 2.24) is 9.78 Å². The highest BCUT2D eigenvalue weighted by molar-refractivity contribution is 5.66. The lowest BCUT2D eigenvalue weighted by Crippen LogP contribution is -2.14. The molecule has 0 aliphatic rings. The largest absolute Gasteiger partial charge is 0.481 e. The lowest BCUT2D eigenvalue weighted by Gasteiger charge is -2.13. The van der Waals surface area contributed by atoms with Crippen molar-refractivity contribution < 1.29 is 9.90 Å². The summed E-state index contributed by atoms with van der Waals surface area (Å²) in [6, 6.07) is 0.0349. The summed E-state index contributed by atoms with van der Waals surface area (Å²) in [5.74, 6) is -0.813. The molecule has 0 fully saturated rings. The predicted molar refractivity (Wildman–Crippen MR) is 65.9 cm³/mol. The number of aromatic nitrogens is 2. The maximum absolute atomic E-state index is 10.5. The van der Waals surface area contributed by atoms with Crippen molar-refractivity contribution >= 4 is 5.97 Å². The molecule has 1 aromatic heterocycles. The van der Waals surface area contributed by atoms with Crippen LogP contribution in [-0.4, -0.2) is 20.9 Å². The van der Waals surface area contributed by atoms with Crippen molar-refractivity contribution in [3.63, 3.8) is 0 Å². The standard InChI is InChI=1S/C12H21N3O2/c1-7(2)15-9(4)12(8(3)14-15)10(13)5-6-11(16)17/h7,10H,5-6,13H2,1-4H3,(H,16,17). The average molecular weight is 239 g/mol. The summed E-state index contributed by atoms with van der Waals surface area (Å²) >= 11 is 0.